The molecule has 2 rings (SSSR count). The van der Waals surface area contributed by atoms with Crippen LogP contribution in [0.3, 0.4) is 0 Å². The summed E-state index contributed by atoms with van der Waals surface area (Å²) in [5.41, 5.74) is 2.04. The first-order valence-corrected chi connectivity index (χ1v) is 7.96. The van der Waals surface area contributed by atoms with Crippen LogP contribution in [0, 0.1) is 0 Å². The first kappa shape index (κ1) is 15.7. The average Bonchev–Trinajstić information content (AvgIpc) is 2.46. The van der Waals surface area contributed by atoms with Crippen molar-refractivity contribution in [3.8, 4) is 11.5 Å². The fraction of sp³-hybridized carbons (Fsp3) is 0.200. The lowest BCUT2D eigenvalue weighted by molar-refractivity contribution is 0.397. The molecule has 0 aliphatic heterocycles. The van der Waals surface area contributed by atoms with Crippen LogP contribution in [0.5, 0.6) is 11.5 Å². The number of ether oxygens (including phenoxy) is 2. The second kappa shape index (κ2) is 6.83. The third-order valence-electron chi connectivity index (χ3n) is 2.92. The Kier molecular flexibility index (Phi) is 5.35. The van der Waals surface area contributed by atoms with E-state index in [2.05, 4.69) is 31.9 Å². The van der Waals surface area contributed by atoms with E-state index in [1.165, 1.54) is 0 Å². The number of hydrogen-bond acceptors (Lipinski definition) is 2. The normalized spacial score (nSPS) is 12.1. The number of rotatable bonds is 4. The zero-order valence-corrected chi connectivity index (χ0v) is 14.9. The van der Waals surface area contributed by atoms with Crippen molar-refractivity contribution < 1.29 is 9.47 Å². The predicted octanol–water partition coefficient (Wildman–Crippen LogP) is 5.60. The molecule has 5 heteroatoms. The Hall–Kier alpha value is -0.710. The van der Waals surface area contributed by atoms with E-state index in [0.717, 1.165) is 27.1 Å². The van der Waals surface area contributed by atoms with Gasteiger partial charge in [0, 0.05) is 10.6 Å². The minimum absolute atomic E-state index is 0.0295. The summed E-state index contributed by atoms with van der Waals surface area (Å²) in [6, 6.07) is 11.6. The maximum Gasteiger partial charge on any atom is 0.133 e. The van der Waals surface area contributed by atoms with Crippen molar-refractivity contribution in [2.24, 2.45) is 0 Å². The molecule has 2 aromatic carbocycles. The quantitative estimate of drug-likeness (QED) is 0.599. The maximum atomic E-state index is 6.05. The summed E-state index contributed by atoms with van der Waals surface area (Å²) in [5.74, 6) is 1.53. The van der Waals surface area contributed by atoms with Crippen LogP contribution in [0.25, 0.3) is 0 Å². The average molecular weight is 421 g/mol. The first-order valence-electron chi connectivity index (χ1n) is 5.87. The first-order chi connectivity index (χ1) is 9.56. The van der Waals surface area contributed by atoms with E-state index < -0.39 is 0 Å². The molecular formula is C15H13Br2ClO2. The Morgan fingerprint density at radius 3 is 2.35 bits per heavy atom. The van der Waals surface area contributed by atoms with Crippen LogP contribution in [0.1, 0.15) is 16.0 Å². The second-order valence-corrected chi connectivity index (χ2v) is 6.35. The van der Waals surface area contributed by atoms with E-state index in [1.807, 2.05) is 36.4 Å². The van der Waals surface area contributed by atoms with Gasteiger partial charge in [0.25, 0.3) is 0 Å². The van der Waals surface area contributed by atoms with Crippen molar-refractivity contribution in [3.63, 3.8) is 0 Å². The molecule has 0 aromatic heterocycles. The zero-order valence-electron chi connectivity index (χ0n) is 11.0. The standard InChI is InChI=1S/C15H13Br2ClO2/c1-19-13-8-12(16)14(20-2)7-11(13)15(17)9-4-3-5-10(18)6-9/h3-8,15H,1-2H3. The Bertz CT molecular complexity index is 617. The van der Waals surface area contributed by atoms with Gasteiger partial charge in [-0.2, -0.15) is 0 Å². The van der Waals surface area contributed by atoms with Gasteiger partial charge in [-0.15, -0.1) is 0 Å². The van der Waals surface area contributed by atoms with Gasteiger partial charge in [-0.05, 0) is 45.8 Å². The van der Waals surface area contributed by atoms with Gasteiger partial charge in [-0.3, -0.25) is 0 Å². The molecule has 0 spiro atoms. The lowest BCUT2D eigenvalue weighted by atomic mass is 10.0. The van der Waals surface area contributed by atoms with E-state index in [4.69, 9.17) is 21.1 Å². The summed E-state index contributed by atoms with van der Waals surface area (Å²) in [7, 11) is 3.29. The van der Waals surface area contributed by atoms with Gasteiger partial charge in [0.1, 0.15) is 11.5 Å². The van der Waals surface area contributed by atoms with Gasteiger partial charge >= 0.3 is 0 Å². The molecule has 0 amide bonds. The molecular weight excluding hydrogens is 407 g/mol. The Labute approximate surface area is 140 Å². The molecule has 0 fully saturated rings. The van der Waals surface area contributed by atoms with Gasteiger partial charge in [-0.1, -0.05) is 39.7 Å². The minimum Gasteiger partial charge on any atom is -0.496 e. The summed E-state index contributed by atoms with van der Waals surface area (Å²) in [5, 5.41) is 0.704. The molecule has 1 unspecified atom stereocenters. The molecule has 0 radical (unpaired) electrons. The molecule has 0 heterocycles. The molecule has 1 atom stereocenters. The molecule has 2 nitrogen and oxygen atoms in total. The van der Waals surface area contributed by atoms with E-state index >= 15 is 0 Å². The van der Waals surface area contributed by atoms with Gasteiger partial charge < -0.3 is 9.47 Å². The molecule has 0 saturated heterocycles. The highest BCUT2D eigenvalue weighted by Crippen LogP contribution is 2.42. The number of alkyl halides is 1. The third kappa shape index (κ3) is 3.30. The van der Waals surface area contributed by atoms with Crippen molar-refractivity contribution in [3.05, 3.63) is 57.0 Å². The lowest BCUT2D eigenvalue weighted by Crippen LogP contribution is -1.99. The summed E-state index contributed by atoms with van der Waals surface area (Å²) in [6.07, 6.45) is 0. The van der Waals surface area contributed by atoms with Crippen molar-refractivity contribution >= 4 is 43.5 Å². The molecule has 20 heavy (non-hydrogen) atoms. The van der Waals surface area contributed by atoms with Crippen LogP contribution in [0.2, 0.25) is 5.02 Å². The van der Waals surface area contributed by atoms with Crippen molar-refractivity contribution in [1.82, 2.24) is 0 Å². The zero-order chi connectivity index (χ0) is 14.7. The minimum atomic E-state index is -0.0295. The van der Waals surface area contributed by atoms with E-state index in [-0.39, 0.29) is 4.83 Å². The highest BCUT2D eigenvalue weighted by atomic mass is 79.9. The Balaban J connectivity index is 2.50. The summed E-state index contributed by atoms with van der Waals surface area (Å²) in [4.78, 5) is -0.0295. The summed E-state index contributed by atoms with van der Waals surface area (Å²) >= 11 is 13.2. The predicted molar refractivity (Wildman–Crippen MR) is 89.5 cm³/mol. The van der Waals surface area contributed by atoms with E-state index in [0.29, 0.717) is 5.02 Å². The van der Waals surface area contributed by atoms with Crippen LogP contribution in [-0.4, -0.2) is 14.2 Å². The van der Waals surface area contributed by atoms with Crippen LogP contribution in [-0.2, 0) is 0 Å². The molecule has 0 bridgehead atoms. The number of benzene rings is 2. The molecule has 0 aliphatic rings. The maximum absolute atomic E-state index is 6.05. The summed E-state index contributed by atoms with van der Waals surface area (Å²) in [6.45, 7) is 0. The molecule has 2 aromatic rings. The molecule has 0 N–H and O–H groups in total. The molecule has 0 saturated carbocycles. The van der Waals surface area contributed by atoms with E-state index in [9.17, 15) is 0 Å². The molecule has 106 valence electrons. The summed E-state index contributed by atoms with van der Waals surface area (Å²) < 4.78 is 11.6. The second-order valence-electron chi connectivity index (χ2n) is 4.15. The van der Waals surface area contributed by atoms with Crippen LogP contribution < -0.4 is 9.47 Å². The van der Waals surface area contributed by atoms with Crippen molar-refractivity contribution in [1.29, 1.82) is 0 Å². The fourth-order valence-corrected chi connectivity index (χ4v) is 3.25. The smallest absolute Gasteiger partial charge is 0.133 e. The fourth-order valence-electron chi connectivity index (χ4n) is 1.93. The molecule has 0 aliphatic carbocycles. The van der Waals surface area contributed by atoms with Gasteiger partial charge in [-0.25, -0.2) is 0 Å². The number of halogens is 3. The number of hydrogen-bond donors (Lipinski definition) is 0. The topological polar surface area (TPSA) is 18.5 Å². The Morgan fingerprint density at radius 2 is 1.75 bits per heavy atom. The lowest BCUT2D eigenvalue weighted by Gasteiger charge is -2.17. The Morgan fingerprint density at radius 1 is 1.05 bits per heavy atom. The van der Waals surface area contributed by atoms with Crippen LogP contribution in [0.4, 0.5) is 0 Å². The van der Waals surface area contributed by atoms with Gasteiger partial charge in [0.15, 0.2) is 0 Å². The monoisotopic (exact) mass is 418 g/mol. The largest absolute Gasteiger partial charge is 0.496 e. The van der Waals surface area contributed by atoms with Crippen molar-refractivity contribution in [2.75, 3.05) is 14.2 Å². The third-order valence-corrected chi connectivity index (χ3v) is 4.80. The highest BCUT2D eigenvalue weighted by molar-refractivity contribution is 9.10. The van der Waals surface area contributed by atoms with Crippen LogP contribution in [0.15, 0.2) is 40.9 Å². The van der Waals surface area contributed by atoms with Gasteiger partial charge in [0.05, 0.1) is 23.5 Å². The van der Waals surface area contributed by atoms with E-state index in [1.54, 1.807) is 14.2 Å². The SMILES string of the molecule is COc1cc(C(Br)c2cccc(Cl)c2)c(OC)cc1Br. The highest BCUT2D eigenvalue weighted by Gasteiger charge is 2.18. The van der Waals surface area contributed by atoms with Crippen LogP contribution >= 0.6 is 43.5 Å². The van der Waals surface area contributed by atoms with Crippen molar-refractivity contribution in [2.45, 2.75) is 4.83 Å². The number of methoxy groups -OCH3 is 2. The van der Waals surface area contributed by atoms with Gasteiger partial charge in [0.2, 0.25) is 0 Å².